The third-order valence-corrected chi connectivity index (χ3v) is 5.53. The number of hydrogen-bond acceptors (Lipinski definition) is 5. The molecule has 2 heterocycles. The van der Waals surface area contributed by atoms with Crippen LogP contribution in [0.5, 0.6) is 0 Å². The summed E-state index contributed by atoms with van der Waals surface area (Å²) in [6.07, 6.45) is 2.53. The summed E-state index contributed by atoms with van der Waals surface area (Å²) in [7, 11) is 3.94. The van der Waals surface area contributed by atoms with Crippen LogP contribution < -0.4 is 15.5 Å². The number of likely N-dealkylation sites (N-methyl/N-ethyl adjacent to an activating group) is 1. The molecule has 0 radical (unpaired) electrons. The first-order valence-corrected chi connectivity index (χ1v) is 10.8. The first-order valence-electron chi connectivity index (χ1n) is 10.4. The van der Waals surface area contributed by atoms with Gasteiger partial charge in [-0.05, 0) is 37.7 Å². The Morgan fingerprint density at radius 1 is 1.16 bits per heavy atom. The van der Waals surface area contributed by atoms with E-state index in [1.165, 1.54) is 5.69 Å². The van der Waals surface area contributed by atoms with Crippen LogP contribution in [0.2, 0.25) is 5.02 Å². The fraction of sp³-hybridized carbons (Fsp3) is 0.500. The van der Waals surface area contributed by atoms with Crippen molar-refractivity contribution in [3.05, 3.63) is 52.9 Å². The minimum atomic E-state index is 0. The lowest BCUT2D eigenvalue weighted by molar-refractivity contribution is 0.105. The largest absolute Gasteiger partial charge is 0.467 e. The van der Waals surface area contributed by atoms with Crippen LogP contribution in [0.1, 0.15) is 17.7 Å². The molecule has 0 aliphatic carbocycles. The Labute approximate surface area is 207 Å². The van der Waals surface area contributed by atoms with E-state index in [0.29, 0.717) is 19.8 Å². The number of nitrogens with one attached hydrogen (secondary N) is 2. The molecular weight excluding hydrogens is 529 g/mol. The molecule has 1 aliphatic heterocycles. The lowest BCUT2D eigenvalue weighted by Gasteiger charge is -2.35. The lowest BCUT2D eigenvalue weighted by Crippen LogP contribution is -2.45. The molecule has 0 atom stereocenters. The van der Waals surface area contributed by atoms with Gasteiger partial charge in [0.2, 0.25) is 0 Å². The van der Waals surface area contributed by atoms with Crippen molar-refractivity contribution >= 4 is 47.2 Å². The summed E-state index contributed by atoms with van der Waals surface area (Å²) >= 11 is 6.55. The maximum absolute atomic E-state index is 6.55. The van der Waals surface area contributed by atoms with Gasteiger partial charge in [-0.25, -0.2) is 0 Å². The van der Waals surface area contributed by atoms with Gasteiger partial charge in [0.1, 0.15) is 12.4 Å². The molecule has 0 saturated carbocycles. The van der Waals surface area contributed by atoms with Crippen LogP contribution in [0.4, 0.5) is 5.69 Å². The first-order chi connectivity index (χ1) is 14.7. The van der Waals surface area contributed by atoms with Crippen LogP contribution in [0.15, 0.2) is 46.0 Å². The van der Waals surface area contributed by atoms with Crippen molar-refractivity contribution in [3.8, 4) is 0 Å². The molecule has 9 heteroatoms. The van der Waals surface area contributed by atoms with Gasteiger partial charge in [-0.3, -0.25) is 4.99 Å². The van der Waals surface area contributed by atoms with Crippen LogP contribution in [-0.4, -0.2) is 64.3 Å². The van der Waals surface area contributed by atoms with E-state index < -0.39 is 0 Å². The second-order valence-corrected chi connectivity index (χ2v) is 7.77. The molecule has 1 aromatic carbocycles. The van der Waals surface area contributed by atoms with Crippen molar-refractivity contribution in [1.29, 1.82) is 0 Å². The summed E-state index contributed by atoms with van der Waals surface area (Å²) in [5.74, 6) is 1.60. The van der Waals surface area contributed by atoms with Gasteiger partial charge in [-0.15, -0.1) is 24.0 Å². The molecule has 0 unspecified atom stereocenters. The van der Waals surface area contributed by atoms with E-state index in [1.807, 2.05) is 24.3 Å². The van der Waals surface area contributed by atoms with E-state index in [1.54, 1.807) is 13.3 Å². The van der Waals surface area contributed by atoms with E-state index in [9.17, 15) is 0 Å². The zero-order valence-corrected chi connectivity index (χ0v) is 21.4. The Kier molecular flexibility index (Phi) is 11.5. The molecule has 2 N–H and O–H groups in total. The molecule has 172 valence electrons. The standard InChI is InChI=1S/C22H32ClN5O2.HI/c1-24-22(25-9-5-14-29-17-18-6-4-15-30-18)26-16-19-20(23)7-3-8-21(19)28-12-10-27(2)11-13-28;/h3-4,6-8,15H,5,9-14,16-17H2,1-2H3,(H2,24,25,26);1H. The smallest absolute Gasteiger partial charge is 0.191 e. The maximum atomic E-state index is 6.55. The SMILES string of the molecule is CN=C(NCCCOCc1ccco1)NCc1c(Cl)cccc1N1CCN(C)CC1.I. The normalized spacial score (nSPS) is 14.9. The van der Waals surface area contributed by atoms with E-state index in [-0.39, 0.29) is 24.0 Å². The molecule has 1 saturated heterocycles. The first kappa shape index (κ1) is 25.8. The van der Waals surface area contributed by atoms with Crippen molar-refractivity contribution in [2.75, 3.05) is 58.3 Å². The third kappa shape index (κ3) is 8.17. The number of piperazine rings is 1. The molecule has 0 amide bonds. The maximum Gasteiger partial charge on any atom is 0.191 e. The number of rotatable bonds is 9. The predicted molar refractivity (Wildman–Crippen MR) is 138 cm³/mol. The number of anilines is 1. The van der Waals surface area contributed by atoms with Crippen molar-refractivity contribution < 1.29 is 9.15 Å². The Hall–Kier alpha value is -1.49. The number of guanidine groups is 1. The number of hydrogen-bond donors (Lipinski definition) is 2. The fourth-order valence-corrected chi connectivity index (χ4v) is 3.64. The average molecular weight is 562 g/mol. The summed E-state index contributed by atoms with van der Waals surface area (Å²) in [6, 6.07) is 9.90. The minimum Gasteiger partial charge on any atom is -0.467 e. The average Bonchev–Trinajstić information content (AvgIpc) is 3.27. The molecule has 1 aliphatic rings. The Morgan fingerprint density at radius 2 is 1.97 bits per heavy atom. The van der Waals surface area contributed by atoms with Crippen LogP contribution in [-0.2, 0) is 17.9 Å². The summed E-state index contributed by atoms with van der Waals surface area (Å²) in [6.45, 7) is 6.69. The molecule has 3 rings (SSSR count). The summed E-state index contributed by atoms with van der Waals surface area (Å²) in [5, 5.41) is 7.50. The third-order valence-electron chi connectivity index (χ3n) is 5.18. The van der Waals surface area contributed by atoms with Crippen LogP contribution >= 0.6 is 35.6 Å². The number of aliphatic imine (C=N–C) groups is 1. The zero-order valence-electron chi connectivity index (χ0n) is 18.3. The quantitative estimate of drug-likeness (QED) is 0.211. The molecule has 0 spiro atoms. The van der Waals surface area contributed by atoms with Gasteiger partial charge < -0.3 is 29.6 Å². The highest BCUT2D eigenvalue weighted by atomic mass is 127. The molecule has 1 fully saturated rings. The Morgan fingerprint density at radius 3 is 2.68 bits per heavy atom. The van der Waals surface area contributed by atoms with Crippen molar-refractivity contribution in [2.45, 2.75) is 19.6 Å². The van der Waals surface area contributed by atoms with E-state index in [0.717, 1.165) is 61.5 Å². The molecule has 2 aromatic rings. The fourth-order valence-electron chi connectivity index (χ4n) is 3.41. The highest BCUT2D eigenvalue weighted by Crippen LogP contribution is 2.28. The second-order valence-electron chi connectivity index (χ2n) is 7.37. The van der Waals surface area contributed by atoms with Gasteiger partial charge in [0.15, 0.2) is 5.96 Å². The molecular formula is C22H33ClIN5O2. The van der Waals surface area contributed by atoms with Crippen LogP contribution in [0.25, 0.3) is 0 Å². The monoisotopic (exact) mass is 561 g/mol. The molecule has 1 aromatic heterocycles. The molecule has 0 bridgehead atoms. The van der Waals surface area contributed by atoms with Gasteiger partial charge in [0.05, 0.1) is 6.26 Å². The Balaban J connectivity index is 0.00000341. The Bertz CT molecular complexity index is 795. The van der Waals surface area contributed by atoms with E-state index in [2.05, 4.69) is 38.5 Å². The number of benzene rings is 1. The predicted octanol–water partition coefficient (Wildman–Crippen LogP) is 3.57. The van der Waals surface area contributed by atoms with Crippen molar-refractivity contribution in [2.24, 2.45) is 4.99 Å². The zero-order chi connectivity index (χ0) is 21.2. The topological polar surface area (TPSA) is 65.3 Å². The van der Waals surface area contributed by atoms with Crippen molar-refractivity contribution in [1.82, 2.24) is 15.5 Å². The second kappa shape index (κ2) is 13.8. The van der Waals surface area contributed by atoms with E-state index in [4.69, 9.17) is 20.8 Å². The summed E-state index contributed by atoms with van der Waals surface area (Å²) in [4.78, 5) is 9.08. The van der Waals surface area contributed by atoms with Crippen LogP contribution in [0, 0.1) is 0 Å². The minimum absolute atomic E-state index is 0. The highest BCUT2D eigenvalue weighted by molar-refractivity contribution is 14.0. The number of nitrogens with zero attached hydrogens (tertiary/aromatic N) is 3. The van der Waals surface area contributed by atoms with Crippen molar-refractivity contribution in [3.63, 3.8) is 0 Å². The summed E-state index contributed by atoms with van der Waals surface area (Å²) < 4.78 is 10.9. The molecule has 7 nitrogen and oxygen atoms in total. The highest BCUT2D eigenvalue weighted by Gasteiger charge is 2.18. The van der Waals surface area contributed by atoms with Gasteiger partial charge in [0, 0.05) is 69.2 Å². The van der Waals surface area contributed by atoms with Gasteiger partial charge in [-0.2, -0.15) is 0 Å². The lowest BCUT2D eigenvalue weighted by atomic mass is 10.1. The van der Waals surface area contributed by atoms with Crippen LogP contribution in [0.3, 0.4) is 0 Å². The van der Waals surface area contributed by atoms with E-state index >= 15 is 0 Å². The number of ether oxygens (including phenoxy) is 1. The molecule has 31 heavy (non-hydrogen) atoms. The van der Waals surface area contributed by atoms with Gasteiger partial charge in [0.25, 0.3) is 0 Å². The van der Waals surface area contributed by atoms with Gasteiger partial charge >= 0.3 is 0 Å². The van der Waals surface area contributed by atoms with Gasteiger partial charge in [-0.1, -0.05) is 17.7 Å². The summed E-state index contributed by atoms with van der Waals surface area (Å²) in [5.41, 5.74) is 2.30. The number of furan rings is 1. The number of halogens is 2.